The number of aromatic nitrogens is 3. The van der Waals surface area contributed by atoms with Crippen LogP contribution < -0.4 is 4.74 Å². The molecule has 0 fully saturated rings. The molecule has 9 heteroatoms. The first kappa shape index (κ1) is 28.0. The van der Waals surface area contributed by atoms with Crippen LogP contribution in [0, 0.1) is 0 Å². The van der Waals surface area contributed by atoms with Crippen molar-refractivity contribution in [1.29, 1.82) is 0 Å². The number of allylic oxidation sites excluding steroid dienone is 1. The van der Waals surface area contributed by atoms with Crippen molar-refractivity contribution in [2.24, 2.45) is 0 Å². The van der Waals surface area contributed by atoms with Gasteiger partial charge in [0.15, 0.2) is 6.61 Å². The van der Waals surface area contributed by atoms with Gasteiger partial charge in [0.1, 0.15) is 11.4 Å². The van der Waals surface area contributed by atoms with Crippen LogP contribution in [0.25, 0.3) is 11.4 Å². The molecular weight excluding hydrogens is 483 g/mol. The molecule has 0 amide bonds. The fourth-order valence-corrected chi connectivity index (χ4v) is 4.28. The lowest BCUT2D eigenvalue weighted by Crippen LogP contribution is -2.11. The Bertz CT molecular complexity index is 1220. The monoisotopic (exact) mass is 515 g/mol. The summed E-state index contributed by atoms with van der Waals surface area (Å²) in [5, 5.41) is 13.6. The molecule has 1 aromatic carbocycles. The smallest absolute Gasteiger partial charge is 0.417 e. The second-order valence-corrected chi connectivity index (χ2v) is 9.18. The number of rotatable bonds is 12. The van der Waals surface area contributed by atoms with Gasteiger partial charge in [-0.1, -0.05) is 25.1 Å². The zero-order valence-corrected chi connectivity index (χ0v) is 21.3. The first-order valence-electron chi connectivity index (χ1n) is 12.2. The van der Waals surface area contributed by atoms with Gasteiger partial charge in [0.05, 0.1) is 11.3 Å². The number of aliphatic carboxylic acids is 1. The molecule has 0 radical (unpaired) electrons. The molecule has 2 heterocycles. The number of ether oxygens (including phenoxy) is 1. The molecule has 1 atom stereocenters. The fraction of sp³-hybridized carbons (Fsp3) is 0.393. The predicted molar refractivity (Wildman–Crippen MR) is 136 cm³/mol. The summed E-state index contributed by atoms with van der Waals surface area (Å²) in [6.45, 7) is 9.52. The summed E-state index contributed by atoms with van der Waals surface area (Å²) in [5.41, 5.74) is 3.14. The van der Waals surface area contributed by atoms with Gasteiger partial charge in [-0.15, -0.1) is 6.58 Å². The van der Waals surface area contributed by atoms with Gasteiger partial charge >= 0.3 is 12.1 Å². The van der Waals surface area contributed by atoms with E-state index in [0.29, 0.717) is 23.6 Å². The Morgan fingerprint density at radius 3 is 2.51 bits per heavy atom. The number of halogens is 3. The van der Waals surface area contributed by atoms with Crippen molar-refractivity contribution >= 4 is 5.97 Å². The van der Waals surface area contributed by atoms with Crippen LogP contribution in [0.1, 0.15) is 68.0 Å². The van der Waals surface area contributed by atoms with Crippen molar-refractivity contribution in [3.8, 4) is 17.1 Å². The summed E-state index contributed by atoms with van der Waals surface area (Å²) in [5.74, 6) is -0.264. The molecule has 0 aliphatic heterocycles. The average molecular weight is 516 g/mol. The number of carbonyl (C=O) groups is 1. The van der Waals surface area contributed by atoms with Crippen LogP contribution in [0.3, 0.4) is 0 Å². The summed E-state index contributed by atoms with van der Waals surface area (Å²) in [6.07, 6.45) is 1.16. The van der Waals surface area contributed by atoms with E-state index in [9.17, 15) is 18.0 Å². The SMILES string of the molecule is C=CCc1cc(C(CC)CCc2cc(-c3ccc(C(F)(F)F)cn3)nn2C(C)C)ccc1OCC(=O)O. The highest BCUT2D eigenvalue weighted by atomic mass is 19.4. The Morgan fingerprint density at radius 1 is 1.19 bits per heavy atom. The third kappa shape index (κ3) is 7.21. The lowest BCUT2D eigenvalue weighted by molar-refractivity contribution is -0.139. The van der Waals surface area contributed by atoms with Gasteiger partial charge in [-0.25, -0.2) is 4.79 Å². The number of hydrogen-bond donors (Lipinski definition) is 1. The van der Waals surface area contributed by atoms with Crippen LogP contribution in [0.2, 0.25) is 0 Å². The van der Waals surface area contributed by atoms with E-state index in [1.54, 1.807) is 6.08 Å². The largest absolute Gasteiger partial charge is 0.482 e. The molecule has 3 aromatic rings. The first-order chi connectivity index (χ1) is 17.5. The van der Waals surface area contributed by atoms with Gasteiger partial charge in [0.2, 0.25) is 0 Å². The number of alkyl halides is 3. The van der Waals surface area contributed by atoms with Gasteiger partial charge in [-0.2, -0.15) is 18.3 Å². The normalized spacial score (nSPS) is 12.5. The summed E-state index contributed by atoms with van der Waals surface area (Å²) in [7, 11) is 0. The summed E-state index contributed by atoms with van der Waals surface area (Å²) >= 11 is 0. The van der Waals surface area contributed by atoms with Gasteiger partial charge in [0, 0.05) is 17.9 Å². The fourth-order valence-electron chi connectivity index (χ4n) is 4.28. The number of nitrogens with zero attached hydrogens (tertiary/aromatic N) is 3. The second kappa shape index (κ2) is 12.1. The van der Waals surface area contributed by atoms with Crippen molar-refractivity contribution in [2.45, 2.75) is 64.6 Å². The number of carboxylic acid groups (broad SMARTS) is 1. The predicted octanol–water partition coefficient (Wildman–Crippen LogP) is 6.86. The summed E-state index contributed by atoms with van der Waals surface area (Å²) in [6, 6.07) is 10.2. The Labute approximate surface area is 214 Å². The Kier molecular flexibility index (Phi) is 9.13. The summed E-state index contributed by atoms with van der Waals surface area (Å²) < 4.78 is 46.1. The standard InChI is InChI=1S/C28H32F3N3O3/c1-5-7-21-14-20(9-13-26(21)37-17-27(35)36)19(6-2)8-11-23-15-25(33-34(23)18(3)4)24-12-10-22(16-32-24)28(29,30)31/h5,9-10,12-16,18-19H,1,6-8,11,17H2,2-4H3,(H,35,36). The zero-order valence-electron chi connectivity index (χ0n) is 21.3. The molecule has 198 valence electrons. The van der Waals surface area contributed by atoms with Crippen LogP contribution in [0.15, 0.2) is 55.3 Å². The number of carboxylic acids is 1. The number of hydrogen-bond acceptors (Lipinski definition) is 4. The molecule has 1 unspecified atom stereocenters. The van der Waals surface area contributed by atoms with Crippen molar-refractivity contribution in [3.63, 3.8) is 0 Å². The second-order valence-electron chi connectivity index (χ2n) is 9.18. The lowest BCUT2D eigenvalue weighted by atomic mass is 9.89. The quantitative estimate of drug-likeness (QED) is 0.267. The van der Waals surface area contributed by atoms with Crippen molar-refractivity contribution < 1.29 is 27.8 Å². The summed E-state index contributed by atoms with van der Waals surface area (Å²) in [4.78, 5) is 14.9. The molecule has 0 saturated carbocycles. The molecule has 0 aliphatic carbocycles. The molecular formula is C28H32F3N3O3. The maximum absolute atomic E-state index is 12.9. The topological polar surface area (TPSA) is 77.2 Å². The van der Waals surface area contributed by atoms with E-state index < -0.39 is 24.3 Å². The number of aryl methyl sites for hydroxylation is 1. The Balaban J connectivity index is 1.81. The highest BCUT2D eigenvalue weighted by molar-refractivity contribution is 5.68. The number of benzene rings is 1. The Morgan fingerprint density at radius 2 is 1.95 bits per heavy atom. The van der Waals surface area contributed by atoms with Crippen LogP contribution in [0.4, 0.5) is 13.2 Å². The maximum atomic E-state index is 12.9. The highest BCUT2D eigenvalue weighted by Gasteiger charge is 2.30. The third-order valence-electron chi connectivity index (χ3n) is 6.17. The molecule has 0 aliphatic rings. The van der Waals surface area contributed by atoms with Crippen LogP contribution in [-0.4, -0.2) is 32.4 Å². The third-order valence-corrected chi connectivity index (χ3v) is 6.17. The van der Waals surface area contributed by atoms with Crippen LogP contribution >= 0.6 is 0 Å². The van der Waals surface area contributed by atoms with E-state index in [4.69, 9.17) is 9.84 Å². The van der Waals surface area contributed by atoms with Crippen molar-refractivity contribution in [1.82, 2.24) is 14.8 Å². The average Bonchev–Trinajstić information content (AvgIpc) is 3.28. The molecule has 2 aromatic heterocycles. The Hall–Kier alpha value is -3.62. The molecule has 0 bridgehead atoms. The van der Waals surface area contributed by atoms with Crippen LogP contribution in [0.5, 0.6) is 5.75 Å². The van der Waals surface area contributed by atoms with Gasteiger partial charge in [0.25, 0.3) is 0 Å². The van der Waals surface area contributed by atoms with Crippen molar-refractivity contribution in [2.75, 3.05) is 6.61 Å². The highest BCUT2D eigenvalue weighted by Crippen LogP contribution is 2.32. The van der Waals surface area contributed by atoms with E-state index >= 15 is 0 Å². The van der Waals surface area contributed by atoms with Gasteiger partial charge in [-0.05, 0) is 80.8 Å². The first-order valence-corrected chi connectivity index (χ1v) is 12.2. The van der Waals surface area contributed by atoms with Gasteiger partial charge < -0.3 is 9.84 Å². The molecule has 0 saturated heterocycles. The molecule has 0 spiro atoms. The van der Waals surface area contributed by atoms with E-state index in [1.807, 2.05) is 42.8 Å². The number of pyridine rings is 1. The molecule has 6 nitrogen and oxygen atoms in total. The van der Waals surface area contributed by atoms with E-state index in [2.05, 4.69) is 23.6 Å². The van der Waals surface area contributed by atoms with Crippen molar-refractivity contribution in [3.05, 3.63) is 77.6 Å². The minimum atomic E-state index is -4.44. The zero-order chi connectivity index (χ0) is 27.2. The lowest BCUT2D eigenvalue weighted by Gasteiger charge is -2.19. The molecule has 1 N–H and O–H groups in total. The van der Waals surface area contributed by atoms with E-state index in [0.717, 1.165) is 48.3 Å². The van der Waals surface area contributed by atoms with E-state index in [1.165, 1.54) is 6.07 Å². The van der Waals surface area contributed by atoms with Crippen LogP contribution in [-0.2, 0) is 23.8 Å². The van der Waals surface area contributed by atoms with Gasteiger partial charge in [-0.3, -0.25) is 9.67 Å². The molecule has 3 rings (SSSR count). The maximum Gasteiger partial charge on any atom is 0.417 e. The molecule has 37 heavy (non-hydrogen) atoms. The minimum Gasteiger partial charge on any atom is -0.482 e. The van der Waals surface area contributed by atoms with E-state index in [-0.39, 0.29) is 12.0 Å². The minimum absolute atomic E-state index is 0.0723.